The van der Waals surface area contributed by atoms with Gasteiger partial charge in [-0.2, -0.15) is 5.10 Å². The second-order valence-electron chi connectivity index (χ2n) is 4.50. The summed E-state index contributed by atoms with van der Waals surface area (Å²) in [6.07, 6.45) is -0.193. The SMILES string of the molecule is COC(C)(C)C(O)Cc1c(Cl)c(C)nn1C. The Morgan fingerprint density at radius 3 is 2.50 bits per heavy atom. The molecule has 1 rings (SSSR count). The standard InChI is InChI=1S/C11H19ClN2O2/c1-7-10(12)8(14(4)13-7)6-9(15)11(2,3)16-5/h9,15H,6H2,1-5H3. The number of halogens is 1. The van der Waals surface area contributed by atoms with Crippen LogP contribution in [0.1, 0.15) is 25.2 Å². The van der Waals surface area contributed by atoms with E-state index in [9.17, 15) is 5.11 Å². The first-order valence-electron chi connectivity index (χ1n) is 5.20. The van der Waals surface area contributed by atoms with Crippen LogP contribution in [0.4, 0.5) is 0 Å². The van der Waals surface area contributed by atoms with E-state index in [-0.39, 0.29) is 0 Å². The van der Waals surface area contributed by atoms with Crippen LogP contribution in [0.25, 0.3) is 0 Å². The number of hydrogen-bond donors (Lipinski definition) is 1. The first kappa shape index (κ1) is 13.5. The fraction of sp³-hybridized carbons (Fsp3) is 0.727. The highest BCUT2D eigenvalue weighted by Crippen LogP contribution is 2.24. The normalized spacial score (nSPS) is 14.2. The Morgan fingerprint density at radius 1 is 1.56 bits per heavy atom. The molecule has 0 saturated heterocycles. The van der Waals surface area contributed by atoms with Gasteiger partial charge in [-0.3, -0.25) is 4.68 Å². The summed E-state index contributed by atoms with van der Waals surface area (Å²) in [6, 6.07) is 0. The molecule has 0 aliphatic carbocycles. The summed E-state index contributed by atoms with van der Waals surface area (Å²) in [5.74, 6) is 0. The summed E-state index contributed by atoms with van der Waals surface area (Å²) in [7, 11) is 3.40. The molecule has 0 radical (unpaired) electrons. The minimum atomic E-state index is -0.621. The third kappa shape index (κ3) is 2.56. The van der Waals surface area contributed by atoms with E-state index in [2.05, 4.69) is 5.10 Å². The van der Waals surface area contributed by atoms with Crippen LogP contribution in [0, 0.1) is 6.92 Å². The molecule has 1 aromatic rings. The molecular weight excluding hydrogens is 228 g/mol. The second kappa shape index (κ2) is 4.73. The van der Waals surface area contributed by atoms with Gasteiger partial charge >= 0.3 is 0 Å². The van der Waals surface area contributed by atoms with Crippen LogP contribution < -0.4 is 0 Å². The highest BCUT2D eigenvalue weighted by Gasteiger charge is 2.29. The zero-order chi connectivity index (χ0) is 12.5. The predicted molar refractivity (Wildman–Crippen MR) is 63.8 cm³/mol. The van der Waals surface area contributed by atoms with Crippen molar-refractivity contribution in [3.05, 3.63) is 16.4 Å². The highest BCUT2D eigenvalue weighted by atomic mass is 35.5. The van der Waals surface area contributed by atoms with Gasteiger partial charge < -0.3 is 9.84 Å². The van der Waals surface area contributed by atoms with Crippen LogP contribution in [-0.2, 0) is 18.2 Å². The van der Waals surface area contributed by atoms with Gasteiger partial charge in [-0.15, -0.1) is 0 Å². The number of rotatable bonds is 4. The molecule has 0 saturated carbocycles. The smallest absolute Gasteiger partial charge is 0.0884 e. The Balaban J connectivity index is 2.89. The number of aromatic nitrogens is 2. The van der Waals surface area contributed by atoms with Crippen LogP contribution in [0.15, 0.2) is 0 Å². The number of aliphatic hydroxyl groups is 1. The molecule has 0 bridgehead atoms. The minimum Gasteiger partial charge on any atom is -0.390 e. The molecule has 1 atom stereocenters. The molecular formula is C11H19ClN2O2. The van der Waals surface area contributed by atoms with Gasteiger partial charge in [-0.1, -0.05) is 11.6 Å². The van der Waals surface area contributed by atoms with Crippen molar-refractivity contribution in [1.82, 2.24) is 9.78 Å². The Hall–Kier alpha value is -0.580. The van der Waals surface area contributed by atoms with E-state index < -0.39 is 11.7 Å². The molecule has 1 aromatic heterocycles. The lowest BCUT2D eigenvalue weighted by Gasteiger charge is -2.29. The molecule has 16 heavy (non-hydrogen) atoms. The van der Waals surface area contributed by atoms with Crippen molar-refractivity contribution in [1.29, 1.82) is 0 Å². The Kier molecular flexibility index (Phi) is 3.99. The van der Waals surface area contributed by atoms with E-state index in [1.165, 1.54) is 0 Å². The van der Waals surface area contributed by atoms with Crippen LogP contribution >= 0.6 is 11.6 Å². The molecule has 4 nitrogen and oxygen atoms in total. The van der Waals surface area contributed by atoms with Gasteiger partial charge in [-0.25, -0.2) is 0 Å². The number of aliphatic hydroxyl groups excluding tert-OH is 1. The summed E-state index contributed by atoms with van der Waals surface area (Å²) in [6.45, 7) is 5.53. The van der Waals surface area contributed by atoms with Gasteiger partial charge in [0.2, 0.25) is 0 Å². The van der Waals surface area contributed by atoms with Gasteiger partial charge in [0.05, 0.1) is 28.1 Å². The van der Waals surface area contributed by atoms with E-state index in [4.69, 9.17) is 16.3 Å². The Morgan fingerprint density at radius 2 is 2.12 bits per heavy atom. The lowest BCUT2D eigenvalue weighted by molar-refractivity contribution is -0.0770. The molecule has 1 heterocycles. The van der Waals surface area contributed by atoms with Crippen LogP contribution in [0.2, 0.25) is 5.02 Å². The lowest BCUT2D eigenvalue weighted by atomic mass is 9.97. The molecule has 0 amide bonds. The fourth-order valence-electron chi connectivity index (χ4n) is 1.47. The molecule has 1 unspecified atom stereocenters. The van der Waals surface area contributed by atoms with Crippen molar-refractivity contribution < 1.29 is 9.84 Å². The van der Waals surface area contributed by atoms with Gasteiger partial charge in [0.25, 0.3) is 0 Å². The number of hydrogen-bond acceptors (Lipinski definition) is 3. The van der Waals surface area contributed by atoms with Crippen molar-refractivity contribution in [3.8, 4) is 0 Å². The van der Waals surface area contributed by atoms with Gasteiger partial charge in [0, 0.05) is 20.6 Å². The lowest BCUT2D eigenvalue weighted by Crippen LogP contribution is -2.39. The molecule has 0 aromatic carbocycles. The maximum absolute atomic E-state index is 10.1. The zero-order valence-corrected chi connectivity index (χ0v) is 11.2. The maximum atomic E-state index is 10.1. The maximum Gasteiger partial charge on any atom is 0.0884 e. The minimum absolute atomic E-state index is 0.428. The van der Waals surface area contributed by atoms with Crippen LogP contribution in [0.5, 0.6) is 0 Å². The average Bonchev–Trinajstić information content (AvgIpc) is 2.45. The monoisotopic (exact) mass is 246 g/mol. The zero-order valence-electron chi connectivity index (χ0n) is 10.4. The molecule has 92 valence electrons. The topological polar surface area (TPSA) is 47.3 Å². The van der Waals surface area contributed by atoms with E-state index in [1.54, 1.807) is 11.8 Å². The number of ether oxygens (including phenoxy) is 1. The van der Waals surface area contributed by atoms with Gasteiger partial charge in [-0.05, 0) is 20.8 Å². The number of aryl methyl sites for hydroxylation is 2. The van der Waals surface area contributed by atoms with E-state index in [0.29, 0.717) is 11.4 Å². The number of methoxy groups -OCH3 is 1. The largest absolute Gasteiger partial charge is 0.390 e. The van der Waals surface area contributed by atoms with E-state index in [1.807, 2.05) is 27.8 Å². The summed E-state index contributed by atoms with van der Waals surface area (Å²) in [4.78, 5) is 0. The molecule has 0 spiro atoms. The number of nitrogens with zero attached hydrogens (tertiary/aromatic N) is 2. The van der Waals surface area contributed by atoms with Crippen LogP contribution in [0.3, 0.4) is 0 Å². The summed E-state index contributed by atoms with van der Waals surface area (Å²) in [5.41, 5.74) is 1.01. The average molecular weight is 247 g/mol. The summed E-state index contributed by atoms with van der Waals surface area (Å²) in [5, 5.41) is 14.9. The van der Waals surface area contributed by atoms with Crippen molar-refractivity contribution in [3.63, 3.8) is 0 Å². The van der Waals surface area contributed by atoms with Crippen LogP contribution in [-0.4, -0.2) is 33.7 Å². The quantitative estimate of drug-likeness (QED) is 0.880. The molecule has 5 heteroatoms. The van der Waals surface area contributed by atoms with Crippen molar-refractivity contribution in [2.24, 2.45) is 7.05 Å². The first-order valence-corrected chi connectivity index (χ1v) is 5.58. The van der Waals surface area contributed by atoms with E-state index >= 15 is 0 Å². The van der Waals surface area contributed by atoms with Gasteiger partial charge in [0.15, 0.2) is 0 Å². The molecule has 0 fully saturated rings. The van der Waals surface area contributed by atoms with Crippen molar-refractivity contribution >= 4 is 11.6 Å². The second-order valence-corrected chi connectivity index (χ2v) is 4.88. The summed E-state index contributed by atoms with van der Waals surface area (Å²) < 4.78 is 6.94. The van der Waals surface area contributed by atoms with Crippen molar-refractivity contribution in [2.75, 3.05) is 7.11 Å². The van der Waals surface area contributed by atoms with Crippen molar-refractivity contribution in [2.45, 2.75) is 38.9 Å². The first-order chi connectivity index (χ1) is 7.29. The predicted octanol–water partition coefficient (Wildman–Crippen LogP) is 1.71. The van der Waals surface area contributed by atoms with E-state index in [0.717, 1.165) is 11.4 Å². The molecule has 0 aliphatic heterocycles. The third-order valence-corrected chi connectivity index (χ3v) is 3.47. The fourth-order valence-corrected chi connectivity index (χ4v) is 1.70. The highest BCUT2D eigenvalue weighted by molar-refractivity contribution is 6.31. The summed E-state index contributed by atoms with van der Waals surface area (Å²) >= 11 is 6.12. The molecule has 0 aliphatic rings. The van der Waals surface area contributed by atoms with Gasteiger partial charge in [0.1, 0.15) is 0 Å². The Bertz CT molecular complexity index is 374. The third-order valence-electron chi connectivity index (χ3n) is 2.98. The molecule has 1 N–H and O–H groups in total. The Labute approximate surface area is 101 Å².